The molecule has 0 saturated heterocycles. The van der Waals surface area contributed by atoms with Crippen LogP contribution in [0.2, 0.25) is 0 Å². The second-order valence-electron chi connectivity index (χ2n) is 11.7. The third kappa shape index (κ3) is 7.26. The van der Waals surface area contributed by atoms with Gasteiger partial charge in [-0.1, -0.05) is 32.6 Å². The Labute approximate surface area is 252 Å². The van der Waals surface area contributed by atoms with E-state index in [9.17, 15) is 9.59 Å². The molecule has 3 N–H and O–H groups in total. The quantitative estimate of drug-likeness (QED) is 0.212. The molecule has 10 nitrogen and oxygen atoms in total. The van der Waals surface area contributed by atoms with Gasteiger partial charge in [-0.2, -0.15) is 15.1 Å². The smallest absolute Gasteiger partial charge is 0.255 e. The monoisotopic (exact) mass is 580 g/mol. The van der Waals surface area contributed by atoms with Gasteiger partial charge in [0.2, 0.25) is 11.9 Å². The summed E-state index contributed by atoms with van der Waals surface area (Å²) in [5.41, 5.74) is 4.64. The average Bonchev–Trinajstić information content (AvgIpc) is 3.43. The molecule has 1 aliphatic carbocycles. The summed E-state index contributed by atoms with van der Waals surface area (Å²) in [5.74, 6) is 1.14. The van der Waals surface area contributed by atoms with Gasteiger partial charge in [0, 0.05) is 41.0 Å². The van der Waals surface area contributed by atoms with Crippen molar-refractivity contribution < 1.29 is 9.59 Å². The van der Waals surface area contributed by atoms with Crippen LogP contribution in [-0.2, 0) is 11.2 Å². The molecule has 2 heterocycles. The van der Waals surface area contributed by atoms with Crippen molar-refractivity contribution >= 4 is 34.8 Å². The van der Waals surface area contributed by atoms with Gasteiger partial charge in [0.05, 0.1) is 6.20 Å². The summed E-state index contributed by atoms with van der Waals surface area (Å²) in [6.45, 7) is 7.74. The second kappa shape index (κ2) is 13.2. The molecule has 0 bridgehead atoms. The highest BCUT2D eigenvalue weighted by molar-refractivity contribution is 6.05. The molecule has 1 aliphatic rings. The van der Waals surface area contributed by atoms with Gasteiger partial charge in [-0.05, 0) is 93.7 Å². The van der Waals surface area contributed by atoms with Gasteiger partial charge in [-0.15, -0.1) is 0 Å². The Morgan fingerprint density at radius 2 is 1.77 bits per heavy atom. The maximum Gasteiger partial charge on any atom is 0.255 e. The van der Waals surface area contributed by atoms with Crippen molar-refractivity contribution in [3.05, 3.63) is 89.9 Å². The summed E-state index contributed by atoms with van der Waals surface area (Å²) in [5, 5.41) is 13.9. The fourth-order valence-electron chi connectivity index (χ4n) is 5.50. The van der Waals surface area contributed by atoms with E-state index in [1.54, 1.807) is 24.3 Å². The number of fused-ring (bicyclic) bond motifs is 1. The van der Waals surface area contributed by atoms with Crippen LogP contribution in [0.1, 0.15) is 72.8 Å². The van der Waals surface area contributed by atoms with Crippen LogP contribution in [0.15, 0.2) is 67.4 Å². The van der Waals surface area contributed by atoms with E-state index in [0.29, 0.717) is 41.4 Å². The maximum atomic E-state index is 12.9. The van der Waals surface area contributed by atoms with Gasteiger partial charge in [-0.25, -0.2) is 4.52 Å². The van der Waals surface area contributed by atoms with E-state index < -0.39 is 0 Å². The van der Waals surface area contributed by atoms with Crippen molar-refractivity contribution in [3.63, 3.8) is 0 Å². The van der Waals surface area contributed by atoms with E-state index in [4.69, 9.17) is 9.97 Å². The summed E-state index contributed by atoms with van der Waals surface area (Å²) in [4.78, 5) is 36.6. The van der Waals surface area contributed by atoms with Crippen LogP contribution in [0.25, 0.3) is 5.65 Å². The molecule has 0 radical (unpaired) electrons. The highest BCUT2D eigenvalue weighted by atomic mass is 16.2. The molecule has 224 valence electrons. The number of aromatic nitrogens is 4. The second-order valence-corrected chi connectivity index (χ2v) is 11.7. The molecule has 2 aromatic carbocycles. The molecule has 5 rings (SSSR count). The lowest BCUT2D eigenvalue weighted by Crippen LogP contribution is -2.36. The molecular formula is C33H40N8O2. The van der Waals surface area contributed by atoms with Crippen LogP contribution in [0.5, 0.6) is 0 Å². The first kappa shape index (κ1) is 29.9. The van der Waals surface area contributed by atoms with Crippen molar-refractivity contribution in [3.8, 4) is 0 Å². The number of carbonyl (C=O) groups excluding carboxylic acids is 2. The minimum absolute atomic E-state index is 0.243. The average molecular weight is 581 g/mol. The number of nitrogens with one attached hydrogen (secondary N) is 3. The van der Waals surface area contributed by atoms with Crippen molar-refractivity contribution in [2.45, 2.75) is 64.0 Å². The highest BCUT2D eigenvalue weighted by Crippen LogP contribution is 2.26. The summed E-state index contributed by atoms with van der Waals surface area (Å²) >= 11 is 0. The molecule has 2 aromatic heterocycles. The predicted molar refractivity (Wildman–Crippen MR) is 171 cm³/mol. The Kier molecular flexibility index (Phi) is 9.16. The number of carbonyl (C=O) groups is 2. The van der Waals surface area contributed by atoms with Gasteiger partial charge in [0.25, 0.3) is 5.91 Å². The van der Waals surface area contributed by atoms with Gasteiger partial charge in [-0.3, -0.25) is 9.59 Å². The number of rotatable bonds is 10. The zero-order valence-electron chi connectivity index (χ0n) is 25.3. The molecule has 43 heavy (non-hydrogen) atoms. The first-order valence-electron chi connectivity index (χ1n) is 14.8. The van der Waals surface area contributed by atoms with Crippen LogP contribution < -0.4 is 16.0 Å². The molecule has 0 unspecified atom stereocenters. The third-order valence-corrected chi connectivity index (χ3v) is 7.99. The van der Waals surface area contributed by atoms with Crippen LogP contribution >= 0.6 is 0 Å². The van der Waals surface area contributed by atoms with E-state index in [-0.39, 0.29) is 17.7 Å². The first-order chi connectivity index (χ1) is 20.7. The van der Waals surface area contributed by atoms with Crippen LogP contribution in [0.4, 0.5) is 17.3 Å². The summed E-state index contributed by atoms with van der Waals surface area (Å²) < 4.78 is 1.83. The Bertz CT molecular complexity index is 1600. The molecule has 1 saturated carbocycles. The van der Waals surface area contributed by atoms with Crippen molar-refractivity contribution in [1.29, 1.82) is 0 Å². The minimum Gasteiger partial charge on any atom is -0.351 e. The lowest BCUT2D eigenvalue weighted by molar-refractivity contribution is -0.111. The topological polar surface area (TPSA) is 117 Å². The molecule has 0 aliphatic heterocycles. The van der Waals surface area contributed by atoms with Crippen molar-refractivity contribution in [2.75, 3.05) is 30.0 Å². The fraction of sp³-hybridized carbons (Fsp3) is 0.364. The van der Waals surface area contributed by atoms with E-state index >= 15 is 0 Å². The third-order valence-electron chi connectivity index (χ3n) is 7.99. The fourth-order valence-corrected chi connectivity index (χ4v) is 5.50. The SMILES string of the molecule is C=CC(=O)Nc1ccc(C(=O)Nc2cccc(Cc3nc(N[C@H]4CC[C@H](N(C)C)CC4)nc4c(C(C)C)cnn34)c2)cc1. The zero-order chi connectivity index (χ0) is 30.5. The normalized spacial score (nSPS) is 16.8. The molecule has 1 fully saturated rings. The van der Waals surface area contributed by atoms with E-state index in [1.165, 1.54) is 6.08 Å². The van der Waals surface area contributed by atoms with Gasteiger partial charge < -0.3 is 20.9 Å². The van der Waals surface area contributed by atoms with E-state index in [1.807, 2.05) is 35.0 Å². The van der Waals surface area contributed by atoms with Crippen molar-refractivity contribution in [2.24, 2.45) is 0 Å². The van der Waals surface area contributed by atoms with Crippen LogP contribution in [0.3, 0.4) is 0 Å². The molecule has 0 spiro atoms. The van der Waals surface area contributed by atoms with Crippen molar-refractivity contribution in [1.82, 2.24) is 24.5 Å². The summed E-state index contributed by atoms with van der Waals surface area (Å²) in [6, 6.07) is 15.4. The number of hydrogen-bond donors (Lipinski definition) is 3. The number of amides is 2. The standard InChI is InChI=1S/C33H40N8O2/c1-6-30(42)35-24-12-10-23(11-13-24)32(43)36-26-9-7-8-22(18-26)19-29-38-33(37-25-14-16-27(17-15-25)40(4)5)39-31-28(21(2)3)20-34-41(29)31/h6-13,18,20-21,25,27H,1,14-17,19H2,2-5H3,(H,35,42)(H,36,43)(H,37,39)/t25-,27-. The van der Waals surface area contributed by atoms with Crippen LogP contribution in [0, 0.1) is 0 Å². The Hall–Kier alpha value is -4.57. The van der Waals surface area contributed by atoms with E-state index in [2.05, 4.69) is 60.5 Å². The predicted octanol–water partition coefficient (Wildman–Crippen LogP) is 5.50. The Balaban J connectivity index is 1.33. The molecule has 4 aromatic rings. The van der Waals surface area contributed by atoms with Crippen LogP contribution in [-0.4, -0.2) is 62.5 Å². The Morgan fingerprint density at radius 3 is 2.44 bits per heavy atom. The highest BCUT2D eigenvalue weighted by Gasteiger charge is 2.24. The minimum atomic E-state index is -0.305. The largest absolute Gasteiger partial charge is 0.351 e. The maximum absolute atomic E-state index is 12.9. The van der Waals surface area contributed by atoms with E-state index in [0.717, 1.165) is 48.3 Å². The first-order valence-corrected chi connectivity index (χ1v) is 14.8. The Morgan fingerprint density at radius 1 is 1.02 bits per heavy atom. The summed E-state index contributed by atoms with van der Waals surface area (Å²) in [6.07, 6.45) is 8.06. The molecule has 2 amide bonds. The van der Waals surface area contributed by atoms with Gasteiger partial charge >= 0.3 is 0 Å². The number of nitrogens with zero attached hydrogens (tertiary/aromatic N) is 5. The number of hydrogen-bond acceptors (Lipinski definition) is 7. The zero-order valence-corrected chi connectivity index (χ0v) is 25.3. The molecule has 10 heteroatoms. The summed E-state index contributed by atoms with van der Waals surface area (Å²) in [7, 11) is 4.31. The lowest BCUT2D eigenvalue weighted by Gasteiger charge is -2.33. The van der Waals surface area contributed by atoms with Gasteiger partial charge in [0.15, 0.2) is 5.65 Å². The molecular weight excluding hydrogens is 540 g/mol. The number of benzene rings is 2. The lowest BCUT2D eigenvalue weighted by atomic mass is 9.91. The van der Waals surface area contributed by atoms with Gasteiger partial charge in [0.1, 0.15) is 5.82 Å². The molecule has 0 atom stereocenters. The number of anilines is 3.